The molecule has 0 spiro atoms. The van der Waals surface area contributed by atoms with Gasteiger partial charge in [0.15, 0.2) is 0 Å². The van der Waals surface area contributed by atoms with E-state index in [9.17, 15) is 0 Å². The molecule has 0 heterocycles. The number of rotatable bonds is 4. The van der Waals surface area contributed by atoms with Gasteiger partial charge in [-0.2, -0.15) is 0 Å². The van der Waals surface area contributed by atoms with Gasteiger partial charge in [-0.1, -0.05) is 26.0 Å². The lowest BCUT2D eigenvalue weighted by molar-refractivity contribution is 0.0994. The van der Waals surface area contributed by atoms with Crippen molar-refractivity contribution in [2.75, 3.05) is 6.54 Å². The first-order chi connectivity index (χ1) is 9.10. The molecule has 0 saturated heterocycles. The van der Waals surface area contributed by atoms with E-state index >= 15 is 0 Å². The fourth-order valence-electron chi connectivity index (χ4n) is 3.17. The molecule has 2 nitrogen and oxygen atoms in total. The van der Waals surface area contributed by atoms with Crippen LogP contribution in [-0.4, -0.2) is 12.6 Å². The average Bonchev–Trinajstić information content (AvgIpc) is 2.32. The van der Waals surface area contributed by atoms with Crippen molar-refractivity contribution in [2.24, 2.45) is 17.6 Å². The third-order valence-corrected chi connectivity index (χ3v) is 4.51. The zero-order chi connectivity index (χ0) is 13.8. The van der Waals surface area contributed by atoms with E-state index in [2.05, 4.69) is 35.8 Å². The summed E-state index contributed by atoms with van der Waals surface area (Å²) in [6, 6.07) is 6.21. The Morgan fingerprint density at radius 3 is 2.53 bits per heavy atom. The molecule has 1 aromatic rings. The number of nitrogens with two attached hydrogens (primary N) is 1. The summed E-state index contributed by atoms with van der Waals surface area (Å²) in [5.74, 6) is 2.52. The number of ether oxygens (including phenoxy) is 1. The Morgan fingerprint density at radius 2 is 1.89 bits per heavy atom. The van der Waals surface area contributed by atoms with Gasteiger partial charge in [0.05, 0.1) is 10.6 Å². The van der Waals surface area contributed by atoms with Crippen LogP contribution in [-0.2, 0) is 6.42 Å². The normalized spacial score (nSPS) is 27.3. The van der Waals surface area contributed by atoms with Crippen LogP contribution in [0.5, 0.6) is 5.75 Å². The lowest BCUT2D eigenvalue weighted by Gasteiger charge is -2.32. The van der Waals surface area contributed by atoms with Crippen molar-refractivity contribution in [1.82, 2.24) is 0 Å². The van der Waals surface area contributed by atoms with Gasteiger partial charge in [0.1, 0.15) is 5.75 Å². The second kappa shape index (κ2) is 6.76. The van der Waals surface area contributed by atoms with E-state index in [0.29, 0.717) is 12.6 Å². The molecule has 1 aromatic carbocycles. The van der Waals surface area contributed by atoms with Crippen molar-refractivity contribution in [2.45, 2.75) is 45.6 Å². The maximum absolute atomic E-state index is 6.31. The van der Waals surface area contributed by atoms with Gasteiger partial charge in [-0.05, 0) is 71.6 Å². The summed E-state index contributed by atoms with van der Waals surface area (Å²) in [7, 11) is 0. The Balaban J connectivity index is 2.13. The van der Waals surface area contributed by atoms with E-state index in [1.807, 2.05) is 12.1 Å². The molecule has 0 radical (unpaired) electrons. The summed E-state index contributed by atoms with van der Waals surface area (Å²) in [6.07, 6.45) is 4.86. The summed E-state index contributed by atoms with van der Waals surface area (Å²) in [4.78, 5) is 0. The zero-order valence-corrected chi connectivity index (χ0v) is 13.4. The van der Waals surface area contributed by atoms with Gasteiger partial charge in [0.2, 0.25) is 0 Å². The maximum Gasteiger partial charge on any atom is 0.137 e. The molecule has 0 aromatic heterocycles. The Labute approximate surface area is 124 Å². The topological polar surface area (TPSA) is 35.2 Å². The molecular formula is C16H24BrNO. The average molecular weight is 326 g/mol. The number of benzene rings is 1. The summed E-state index contributed by atoms with van der Waals surface area (Å²) < 4.78 is 7.35. The summed E-state index contributed by atoms with van der Waals surface area (Å²) in [6.45, 7) is 5.31. The molecule has 0 amide bonds. The first kappa shape index (κ1) is 14.9. The van der Waals surface area contributed by atoms with Gasteiger partial charge in [-0.25, -0.2) is 0 Å². The van der Waals surface area contributed by atoms with Crippen LogP contribution in [0.25, 0.3) is 0 Å². The molecule has 0 bridgehead atoms. The second-order valence-corrected chi connectivity index (χ2v) is 6.78. The minimum Gasteiger partial charge on any atom is -0.489 e. The predicted octanol–water partition coefficient (Wildman–Crippen LogP) is 4.15. The third kappa shape index (κ3) is 3.96. The standard InChI is InChI=1S/C16H24BrNO/c1-11-8-12(2)10-14(9-11)19-16-13(6-7-18)4-3-5-15(16)17/h3-5,11-12,14H,6-10,18H2,1-2H3. The highest BCUT2D eigenvalue weighted by atomic mass is 79.9. The molecule has 1 aliphatic rings. The van der Waals surface area contributed by atoms with Gasteiger partial charge < -0.3 is 10.5 Å². The van der Waals surface area contributed by atoms with Crippen molar-refractivity contribution in [3.8, 4) is 5.75 Å². The fourth-order valence-corrected chi connectivity index (χ4v) is 3.67. The summed E-state index contributed by atoms with van der Waals surface area (Å²) in [5.41, 5.74) is 6.90. The Morgan fingerprint density at radius 1 is 1.21 bits per heavy atom. The Kier molecular flexibility index (Phi) is 5.28. The minimum absolute atomic E-state index is 0.342. The van der Waals surface area contributed by atoms with Crippen LogP contribution in [0.15, 0.2) is 22.7 Å². The van der Waals surface area contributed by atoms with E-state index in [4.69, 9.17) is 10.5 Å². The van der Waals surface area contributed by atoms with Gasteiger partial charge in [-0.3, -0.25) is 0 Å². The summed E-state index contributed by atoms with van der Waals surface area (Å²) >= 11 is 3.61. The van der Waals surface area contributed by atoms with E-state index in [1.54, 1.807) is 0 Å². The number of para-hydroxylation sites is 1. The molecule has 0 aliphatic heterocycles. The van der Waals surface area contributed by atoms with Crippen LogP contribution in [0.2, 0.25) is 0 Å². The van der Waals surface area contributed by atoms with Crippen LogP contribution in [0.3, 0.4) is 0 Å². The minimum atomic E-state index is 0.342. The van der Waals surface area contributed by atoms with Crippen LogP contribution in [0.1, 0.15) is 38.7 Å². The van der Waals surface area contributed by atoms with Crippen molar-refractivity contribution >= 4 is 15.9 Å². The lowest BCUT2D eigenvalue weighted by atomic mass is 9.82. The molecule has 2 N–H and O–H groups in total. The van der Waals surface area contributed by atoms with Gasteiger partial charge in [0.25, 0.3) is 0 Å². The number of hydrogen-bond donors (Lipinski definition) is 1. The molecule has 106 valence electrons. The number of halogens is 1. The highest BCUT2D eigenvalue weighted by molar-refractivity contribution is 9.10. The Hall–Kier alpha value is -0.540. The van der Waals surface area contributed by atoms with Crippen molar-refractivity contribution in [1.29, 1.82) is 0 Å². The first-order valence-electron chi connectivity index (χ1n) is 7.24. The first-order valence-corrected chi connectivity index (χ1v) is 8.03. The lowest BCUT2D eigenvalue weighted by Crippen LogP contribution is -2.29. The fraction of sp³-hybridized carbons (Fsp3) is 0.625. The molecule has 3 heteroatoms. The van der Waals surface area contributed by atoms with E-state index in [0.717, 1.165) is 41.3 Å². The predicted molar refractivity (Wildman–Crippen MR) is 83.5 cm³/mol. The van der Waals surface area contributed by atoms with Crippen LogP contribution >= 0.6 is 15.9 Å². The second-order valence-electron chi connectivity index (χ2n) is 5.92. The van der Waals surface area contributed by atoms with E-state index in [-0.39, 0.29) is 0 Å². The third-order valence-electron chi connectivity index (χ3n) is 3.88. The van der Waals surface area contributed by atoms with Gasteiger partial charge in [-0.15, -0.1) is 0 Å². The molecule has 19 heavy (non-hydrogen) atoms. The molecule has 2 rings (SSSR count). The molecular weight excluding hydrogens is 302 g/mol. The SMILES string of the molecule is CC1CC(C)CC(Oc2c(Br)cccc2CCN)C1. The van der Waals surface area contributed by atoms with Crippen LogP contribution in [0.4, 0.5) is 0 Å². The summed E-state index contributed by atoms with van der Waals surface area (Å²) in [5, 5.41) is 0. The molecule has 1 saturated carbocycles. The highest BCUT2D eigenvalue weighted by Gasteiger charge is 2.26. The van der Waals surface area contributed by atoms with Crippen molar-refractivity contribution in [3.63, 3.8) is 0 Å². The largest absolute Gasteiger partial charge is 0.489 e. The number of hydrogen-bond acceptors (Lipinski definition) is 2. The molecule has 1 aliphatic carbocycles. The van der Waals surface area contributed by atoms with Gasteiger partial charge in [0, 0.05) is 0 Å². The van der Waals surface area contributed by atoms with Gasteiger partial charge >= 0.3 is 0 Å². The highest BCUT2D eigenvalue weighted by Crippen LogP contribution is 2.35. The molecule has 1 fully saturated rings. The smallest absolute Gasteiger partial charge is 0.137 e. The van der Waals surface area contributed by atoms with Crippen molar-refractivity contribution in [3.05, 3.63) is 28.2 Å². The molecule has 2 unspecified atom stereocenters. The van der Waals surface area contributed by atoms with E-state index in [1.165, 1.54) is 12.0 Å². The van der Waals surface area contributed by atoms with Crippen LogP contribution in [0, 0.1) is 11.8 Å². The molecule has 2 atom stereocenters. The zero-order valence-electron chi connectivity index (χ0n) is 11.9. The quantitative estimate of drug-likeness (QED) is 0.902. The van der Waals surface area contributed by atoms with E-state index < -0.39 is 0 Å². The Bertz CT molecular complexity index is 411. The maximum atomic E-state index is 6.31. The van der Waals surface area contributed by atoms with Crippen molar-refractivity contribution < 1.29 is 4.74 Å². The monoisotopic (exact) mass is 325 g/mol. The van der Waals surface area contributed by atoms with Crippen LogP contribution < -0.4 is 10.5 Å².